The van der Waals surface area contributed by atoms with E-state index in [9.17, 15) is 14.4 Å². The molecule has 4 N–H and O–H groups in total. The van der Waals surface area contributed by atoms with Crippen molar-refractivity contribution in [3.63, 3.8) is 0 Å². The van der Waals surface area contributed by atoms with Crippen molar-refractivity contribution in [1.29, 1.82) is 0 Å². The van der Waals surface area contributed by atoms with Gasteiger partial charge < -0.3 is 16.2 Å². The van der Waals surface area contributed by atoms with Gasteiger partial charge in [0.2, 0.25) is 5.91 Å². The molecule has 1 rings (SSSR count). The third-order valence-corrected chi connectivity index (χ3v) is 3.22. The molecule has 0 saturated carbocycles. The van der Waals surface area contributed by atoms with Crippen LogP contribution in [0.25, 0.3) is 0 Å². The van der Waals surface area contributed by atoms with Gasteiger partial charge in [0.1, 0.15) is 6.04 Å². The first-order valence-corrected chi connectivity index (χ1v) is 6.68. The van der Waals surface area contributed by atoms with Crippen LogP contribution in [0.4, 0.5) is 0 Å². The van der Waals surface area contributed by atoms with Gasteiger partial charge in [0.25, 0.3) is 5.91 Å². The van der Waals surface area contributed by atoms with Gasteiger partial charge in [-0.15, -0.1) is 0 Å². The van der Waals surface area contributed by atoms with Crippen LogP contribution in [0.1, 0.15) is 28.8 Å². The lowest BCUT2D eigenvalue weighted by Crippen LogP contribution is -2.41. The van der Waals surface area contributed by atoms with Crippen molar-refractivity contribution in [1.82, 2.24) is 5.32 Å². The topological polar surface area (TPSA) is 109 Å². The summed E-state index contributed by atoms with van der Waals surface area (Å²) in [5, 5.41) is 11.4. The van der Waals surface area contributed by atoms with Gasteiger partial charge in [-0.25, -0.2) is 4.79 Å². The highest BCUT2D eigenvalue weighted by Gasteiger charge is 2.22. The van der Waals surface area contributed by atoms with Crippen LogP contribution in [0, 0.1) is 6.92 Å². The fourth-order valence-corrected chi connectivity index (χ4v) is 1.98. The van der Waals surface area contributed by atoms with Crippen LogP contribution in [0.2, 0.25) is 0 Å². The number of amides is 2. The monoisotopic (exact) mass is 342 g/mol. The third-order valence-electron chi connectivity index (χ3n) is 2.73. The van der Waals surface area contributed by atoms with E-state index in [1.807, 2.05) is 0 Å². The fourth-order valence-electron chi connectivity index (χ4n) is 1.62. The second kappa shape index (κ2) is 7.04. The summed E-state index contributed by atoms with van der Waals surface area (Å²) < 4.78 is 0.720. The summed E-state index contributed by atoms with van der Waals surface area (Å²) in [7, 11) is 0. The molecule has 0 bridgehead atoms. The summed E-state index contributed by atoms with van der Waals surface area (Å²) in [5.74, 6) is -2.31. The lowest BCUT2D eigenvalue weighted by molar-refractivity contribution is -0.139. The fraction of sp³-hybridized carbons (Fsp3) is 0.308. The van der Waals surface area contributed by atoms with Crippen molar-refractivity contribution in [2.75, 3.05) is 0 Å². The molecule has 0 spiro atoms. The van der Waals surface area contributed by atoms with Crippen molar-refractivity contribution in [2.45, 2.75) is 25.8 Å². The zero-order valence-corrected chi connectivity index (χ0v) is 12.4. The van der Waals surface area contributed by atoms with Crippen molar-refractivity contribution in [2.24, 2.45) is 5.73 Å². The molecule has 0 aromatic heterocycles. The highest BCUT2D eigenvalue weighted by Crippen LogP contribution is 2.16. The number of carbonyl (C=O) groups is 3. The van der Waals surface area contributed by atoms with E-state index in [4.69, 9.17) is 10.8 Å². The molecule has 108 valence electrons. The number of hydrogen-bond donors (Lipinski definition) is 3. The summed E-state index contributed by atoms with van der Waals surface area (Å²) >= 11 is 3.25. The van der Waals surface area contributed by atoms with Crippen LogP contribution in [0.5, 0.6) is 0 Å². The normalized spacial score (nSPS) is 11.7. The van der Waals surface area contributed by atoms with Crippen LogP contribution in [0.3, 0.4) is 0 Å². The molecule has 0 fully saturated rings. The summed E-state index contributed by atoms with van der Waals surface area (Å²) in [6, 6.07) is 4.00. The quantitative estimate of drug-likeness (QED) is 0.721. The van der Waals surface area contributed by atoms with Crippen LogP contribution in [-0.4, -0.2) is 28.9 Å². The average molecular weight is 343 g/mol. The zero-order valence-electron chi connectivity index (χ0n) is 10.9. The number of nitrogens with one attached hydrogen (secondary N) is 1. The van der Waals surface area contributed by atoms with Gasteiger partial charge in [-0.1, -0.05) is 22.0 Å². The predicted octanol–water partition coefficient (Wildman–Crippen LogP) is 1.21. The summed E-state index contributed by atoms with van der Waals surface area (Å²) in [5.41, 5.74) is 6.08. The Morgan fingerprint density at radius 3 is 2.60 bits per heavy atom. The Morgan fingerprint density at radius 1 is 1.40 bits per heavy atom. The van der Waals surface area contributed by atoms with Gasteiger partial charge in [0.15, 0.2) is 0 Å². The molecule has 0 unspecified atom stereocenters. The number of nitrogens with two attached hydrogens (primary N) is 1. The molecular formula is C13H15BrN2O4. The second-order valence-corrected chi connectivity index (χ2v) is 5.24. The van der Waals surface area contributed by atoms with E-state index < -0.39 is 23.8 Å². The molecule has 0 aliphatic rings. The number of hydrogen-bond acceptors (Lipinski definition) is 3. The highest BCUT2D eigenvalue weighted by atomic mass is 79.9. The molecule has 1 atom stereocenters. The number of benzene rings is 1. The minimum atomic E-state index is -1.20. The molecule has 0 radical (unpaired) electrons. The first kappa shape index (κ1) is 16.2. The minimum absolute atomic E-state index is 0.0382. The molecule has 2 amide bonds. The number of rotatable bonds is 6. The van der Waals surface area contributed by atoms with Crippen LogP contribution in [-0.2, 0) is 9.59 Å². The number of carboxylic acid groups (broad SMARTS) is 1. The maximum Gasteiger partial charge on any atom is 0.326 e. The molecular weight excluding hydrogens is 328 g/mol. The van der Waals surface area contributed by atoms with E-state index in [2.05, 4.69) is 21.2 Å². The lowest BCUT2D eigenvalue weighted by atomic mass is 10.1. The molecule has 7 heteroatoms. The Kier molecular flexibility index (Phi) is 5.69. The first-order valence-electron chi connectivity index (χ1n) is 5.89. The van der Waals surface area contributed by atoms with Crippen LogP contribution < -0.4 is 11.1 Å². The second-order valence-electron chi connectivity index (χ2n) is 4.33. The number of carboxylic acids is 1. The van der Waals surface area contributed by atoms with Gasteiger partial charge in [-0.2, -0.15) is 0 Å². The van der Waals surface area contributed by atoms with Crippen molar-refractivity contribution in [3.8, 4) is 0 Å². The Morgan fingerprint density at radius 2 is 2.05 bits per heavy atom. The minimum Gasteiger partial charge on any atom is -0.480 e. The Balaban J connectivity index is 2.82. The van der Waals surface area contributed by atoms with Crippen LogP contribution in [0.15, 0.2) is 22.7 Å². The van der Waals surface area contributed by atoms with Gasteiger partial charge in [0.05, 0.1) is 0 Å². The predicted molar refractivity (Wildman–Crippen MR) is 76.2 cm³/mol. The molecule has 1 aromatic carbocycles. The highest BCUT2D eigenvalue weighted by molar-refractivity contribution is 9.10. The maximum atomic E-state index is 12.1. The van der Waals surface area contributed by atoms with Crippen molar-refractivity contribution < 1.29 is 19.5 Å². The maximum absolute atomic E-state index is 12.1. The van der Waals surface area contributed by atoms with Crippen LogP contribution >= 0.6 is 15.9 Å². The first-order chi connectivity index (χ1) is 9.31. The number of halogens is 1. The summed E-state index contributed by atoms with van der Waals surface area (Å²) in [6.07, 6.45) is -0.141. The van der Waals surface area contributed by atoms with E-state index in [-0.39, 0.29) is 12.8 Å². The largest absolute Gasteiger partial charge is 0.480 e. The summed E-state index contributed by atoms with van der Waals surface area (Å²) in [6.45, 7) is 1.75. The average Bonchev–Trinajstić information content (AvgIpc) is 2.36. The standard InChI is InChI=1S/C13H15BrN2O4/c1-7-2-3-8(14)6-9(7)12(18)16-10(13(19)20)4-5-11(15)17/h2-3,6,10H,4-5H2,1H3,(H2,15,17)(H,16,18)(H,19,20)/t10-/m0/s1. The van der Waals surface area contributed by atoms with E-state index in [0.29, 0.717) is 5.56 Å². The molecule has 0 aliphatic heterocycles. The third kappa shape index (κ3) is 4.65. The van der Waals surface area contributed by atoms with E-state index in [1.165, 1.54) is 0 Å². The van der Waals surface area contributed by atoms with E-state index >= 15 is 0 Å². The van der Waals surface area contributed by atoms with Gasteiger partial charge in [-0.3, -0.25) is 9.59 Å². The van der Waals surface area contributed by atoms with Gasteiger partial charge in [0, 0.05) is 16.5 Å². The molecule has 6 nitrogen and oxygen atoms in total. The van der Waals surface area contributed by atoms with Crippen molar-refractivity contribution in [3.05, 3.63) is 33.8 Å². The summed E-state index contributed by atoms with van der Waals surface area (Å²) in [4.78, 5) is 33.8. The number of aliphatic carboxylic acids is 1. The Labute approximate surface area is 124 Å². The number of aryl methyl sites for hydroxylation is 1. The van der Waals surface area contributed by atoms with E-state index in [0.717, 1.165) is 10.0 Å². The number of primary amides is 1. The number of carbonyl (C=O) groups excluding carboxylic acids is 2. The van der Waals surface area contributed by atoms with E-state index in [1.54, 1.807) is 25.1 Å². The van der Waals surface area contributed by atoms with Gasteiger partial charge >= 0.3 is 5.97 Å². The Hall–Kier alpha value is -1.89. The molecule has 0 saturated heterocycles. The molecule has 0 aliphatic carbocycles. The SMILES string of the molecule is Cc1ccc(Br)cc1C(=O)N[C@@H](CCC(N)=O)C(=O)O. The van der Waals surface area contributed by atoms with Gasteiger partial charge in [-0.05, 0) is 31.0 Å². The van der Waals surface area contributed by atoms with Crippen molar-refractivity contribution >= 4 is 33.7 Å². The lowest BCUT2D eigenvalue weighted by Gasteiger charge is -2.15. The molecule has 0 heterocycles. The smallest absolute Gasteiger partial charge is 0.326 e. The Bertz CT molecular complexity index is 545. The zero-order chi connectivity index (χ0) is 15.3. The molecule has 1 aromatic rings. The molecule has 20 heavy (non-hydrogen) atoms.